The first-order valence-corrected chi connectivity index (χ1v) is 6.74. The summed E-state index contributed by atoms with van der Waals surface area (Å²) in [4.78, 5) is 11.6. The van der Waals surface area contributed by atoms with E-state index in [4.69, 9.17) is 0 Å². The summed E-state index contributed by atoms with van der Waals surface area (Å²) in [7, 11) is 0. The van der Waals surface area contributed by atoms with Gasteiger partial charge in [0.2, 0.25) is 0 Å². The molecule has 0 fully saturated rings. The third kappa shape index (κ3) is 5.12. The normalized spacial score (nSPS) is 9.62. The summed E-state index contributed by atoms with van der Waals surface area (Å²) in [5.41, 5.74) is 2.95. The Morgan fingerprint density at radius 1 is 1.10 bits per heavy atom. The van der Waals surface area contributed by atoms with Crippen LogP contribution in [0.4, 0.5) is 4.39 Å². The molecule has 0 bridgehead atoms. The van der Waals surface area contributed by atoms with E-state index < -0.39 is 0 Å². The smallest absolute Gasteiger partial charge is 0.296 e. The maximum atomic E-state index is 12.7. The van der Waals surface area contributed by atoms with Gasteiger partial charge in [0, 0.05) is 18.0 Å². The lowest BCUT2D eigenvalue weighted by molar-refractivity contribution is -0.115. The largest absolute Gasteiger partial charge is 0.345 e. The molecular formula is C18H16FNO. The number of hydrogen-bond donors (Lipinski definition) is 1. The van der Waals surface area contributed by atoms with Crippen molar-refractivity contribution in [3.05, 3.63) is 71.0 Å². The number of amides is 1. The van der Waals surface area contributed by atoms with Gasteiger partial charge in [0.05, 0.1) is 0 Å². The topological polar surface area (TPSA) is 29.1 Å². The molecule has 0 heterocycles. The van der Waals surface area contributed by atoms with E-state index in [1.807, 2.05) is 31.2 Å². The number of carbonyl (C=O) groups is 1. The molecule has 2 rings (SSSR count). The second-order valence-electron chi connectivity index (χ2n) is 4.75. The Balaban J connectivity index is 1.80. The maximum Gasteiger partial charge on any atom is 0.296 e. The minimum Gasteiger partial charge on any atom is -0.345 e. The molecule has 0 aliphatic rings. The zero-order chi connectivity index (χ0) is 15.1. The Bertz CT molecular complexity index is 663. The van der Waals surface area contributed by atoms with Crippen molar-refractivity contribution >= 4 is 5.91 Å². The zero-order valence-corrected chi connectivity index (χ0v) is 11.8. The van der Waals surface area contributed by atoms with Gasteiger partial charge in [-0.2, -0.15) is 0 Å². The molecule has 0 saturated heterocycles. The average Bonchev–Trinajstić information content (AvgIpc) is 2.49. The van der Waals surface area contributed by atoms with Crippen LogP contribution >= 0.6 is 0 Å². The van der Waals surface area contributed by atoms with E-state index in [1.54, 1.807) is 12.1 Å². The Morgan fingerprint density at radius 3 is 2.43 bits per heavy atom. The van der Waals surface area contributed by atoms with Crippen LogP contribution in [0, 0.1) is 24.6 Å². The highest BCUT2D eigenvalue weighted by Crippen LogP contribution is 2.03. The zero-order valence-electron chi connectivity index (χ0n) is 11.8. The third-order valence-corrected chi connectivity index (χ3v) is 2.98. The van der Waals surface area contributed by atoms with Crippen LogP contribution in [0.5, 0.6) is 0 Å². The molecule has 0 radical (unpaired) electrons. The first kappa shape index (κ1) is 14.8. The van der Waals surface area contributed by atoms with Gasteiger partial charge in [-0.15, -0.1) is 0 Å². The molecule has 2 aromatic carbocycles. The van der Waals surface area contributed by atoms with Gasteiger partial charge in [-0.05, 0) is 43.2 Å². The molecule has 0 aliphatic carbocycles. The molecule has 106 valence electrons. The van der Waals surface area contributed by atoms with E-state index in [0.29, 0.717) is 13.0 Å². The van der Waals surface area contributed by atoms with Crippen LogP contribution in [0.15, 0.2) is 48.5 Å². The van der Waals surface area contributed by atoms with Crippen LogP contribution < -0.4 is 5.32 Å². The molecule has 21 heavy (non-hydrogen) atoms. The molecule has 0 atom stereocenters. The molecule has 0 saturated carbocycles. The van der Waals surface area contributed by atoms with Crippen LogP contribution in [-0.2, 0) is 11.2 Å². The Hall–Kier alpha value is -2.60. The quantitative estimate of drug-likeness (QED) is 0.861. The Kier molecular flexibility index (Phi) is 5.11. The van der Waals surface area contributed by atoms with Crippen molar-refractivity contribution in [1.82, 2.24) is 5.32 Å². The van der Waals surface area contributed by atoms with Crippen molar-refractivity contribution in [3.63, 3.8) is 0 Å². The fourth-order valence-corrected chi connectivity index (χ4v) is 1.78. The molecule has 0 aliphatic heterocycles. The van der Waals surface area contributed by atoms with E-state index in [2.05, 4.69) is 17.2 Å². The summed E-state index contributed by atoms with van der Waals surface area (Å²) in [6, 6.07) is 13.9. The van der Waals surface area contributed by atoms with Crippen LogP contribution in [0.25, 0.3) is 0 Å². The average molecular weight is 281 g/mol. The fraction of sp³-hybridized carbons (Fsp3) is 0.167. The summed E-state index contributed by atoms with van der Waals surface area (Å²) in [5.74, 6) is 4.80. The number of carbonyl (C=O) groups excluding carboxylic acids is 1. The highest BCUT2D eigenvalue weighted by atomic mass is 19.1. The summed E-state index contributed by atoms with van der Waals surface area (Å²) in [6.45, 7) is 2.48. The molecule has 2 aromatic rings. The van der Waals surface area contributed by atoms with Crippen molar-refractivity contribution in [2.45, 2.75) is 13.3 Å². The van der Waals surface area contributed by atoms with Gasteiger partial charge in [-0.3, -0.25) is 4.79 Å². The summed E-state index contributed by atoms with van der Waals surface area (Å²) < 4.78 is 12.7. The Morgan fingerprint density at radius 2 is 1.76 bits per heavy atom. The lowest BCUT2D eigenvalue weighted by Crippen LogP contribution is -2.23. The second-order valence-corrected chi connectivity index (χ2v) is 4.75. The molecular weight excluding hydrogens is 265 g/mol. The third-order valence-electron chi connectivity index (χ3n) is 2.98. The maximum absolute atomic E-state index is 12.7. The number of aryl methyl sites for hydroxylation is 1. The van der Waals surface area contributed by atoms with E-state index in [1.165, 1.54) is 12.1 Å². The van der Waals surface area contributed by atoms with Crippen LogP contribution in [0.2, 0.25) is 0 Å². The lowest BCUT2D eigenvalue weighted by Gasteiger charge is -2.01. The minimum atomic E-state index is -0.308. The minimum absolute atomic E-state index is 0.258. The summed E-state index contributed by atoms with van der Waals surface area (Å²) in [6.07, 6.45) is 0.651. The molecule has 1 amide bonds. The molecule has 0 aromatic heterocycles. The van der Waals surface area contributed by atoms with Gasteiger partial charge in [-0.1, -0.05) is 35.7 Å². The van der Waals surface area contributed by atoms with Gasteiger partial charge < -0.3 is 5.32 Å². The first-order chi connectivity index (χ1) is 10.1. The number of benzene rings is 2. The number of nitrogens with one attached hydrogen (secondary N) is 1. The van der Waals surface area contributed by atoms with E-state index in [9.17, 15) is 9.18 Å². The first-order valence-electron chi connectivity index (χ1n) is 6.74. The van der Waals surface area contributed by atoms with Crippen LogP contribution in [-0.4, -0.2) is 12.5 Å². The number of halogens is 1. The standard InChI is InChI=1S/C18H16FNO/c1-14-2-4-15(5-3-14)8-11-18(21)20-13-12-16-6-9-17(19)10-7-16/h2-7,9-10H,12-13H2,1H3,(H,20,21). The van der Waals surface area contributed by atoms with Gasteiger partial charge >= 0.3 is 0 Å². The van der Waals surface area contributed by atoms with Crippen LogP contribution in [0.1, 0.15) is 16.7 Å². The van der Waals surface area contributed by atoms with Gasteiger partial charge in [0.1, 0.15) is 5.82 Å². The monoisotopic (exact) mass is 281 g/mol. The van der Waals surface area contributed by atoms with Gasteiger partial charge in [0.15, 0.2) is 0 Å². The number of hydrogen-bond acceptors (Lipinski definition) is 1. The molecule has 3 heteroatoms. The summed E-state index contributed by atoms with van der Waals surface area (Å²) >= 11 is 0. The summed E-state index contributed by atoms with van der Waals surface area (Å²) in [5, 5.41) is 2.72. The molecule has 0 unspecified atom stereocenters. The van der Waals surface area contributed by atoms with Crippen molar-refractivity contribution in [2.75, 3.05) is 6.54 Å². The Labute approximate surface area is 124 Å². The fourth-order valence-electron chi connectivity index (χ4n) is 1.78. The van der Waals surface area contributed by atoms with E-state index >= 15 is 0 Å². The SMILES string of the molecule is Cc1ccc(C#CC(=O)NCCc2ccc(F)cc2)cc1. The lowest BCUT2D eigenvalue weighted by atomic mass is 10.1. The van der Waals surface area contributed by atoms with Crippen molar-refractivity contribution in [3.8, 4) is 11.8 Å². The molecule has 0 spiro atoms. The predicted octanol–water partition coefficient (Wildman–Crippen LogP) is 2.84. The van der Waals surface area contributed by atoms with Crippen molar-refractivity contribution < 1.29 is 9.18 Å². The van der Waals surface area contributed by atoms with Gasteiger partial charge in [0.25, 0.3) is 5.91 Å². The second kappa shape index (κ2) is 7.25. The molecule has 2 nitrogen and oxygen atoms in total. The van der Waals surface area contributed by atoms with E-state index in [-0.39, 0.29) is 11.7 Å². The van der Waals surface area contributed by atoms with E-state index in [0.717, 1.165) is 16.7 Å². The predicted molar refractivity (Wildman–Crippen MR) is 81.2 cm³/mol. The highest BCUT2D eigenvalue weighted by molar-refractivity contribution is 5.94. The van der Waals surface area contributed by atoms with Crippen molar-refractivity contribution in [2.24, 2.45) is 0 Å². The van der Waals surface area contributed by atoms with Crippen LogP contribution in [0.3, 0.4) is 0 Å². The highest BCUT2D eigenvalue weighted by Gasteiger charge is 1.97. The number of rotatable bonds is 3. The van der Waals surface area contributed by atoms with Crippen molar-refractivity contribution in [1.29, 1.82) is 0 Å². The molecule has 1 N–H and O–H groups in total. The van der Waals surface area contributed by atoms with Gasteiger partial charge in [-0.25, -0.2) is 4.39 Å².